The number of rotatable bonds is 5. The molecule has 1 amide bonds. The van der Waals surface area contributed by atoms with Gasteiger partial charge >= 0.3 is 0 Å². The van der Waals surface area contributed by atoms with Gasteiger partial charge in [-0.05, 0) is 37.1 Å². The second-order valence-corrected chi connectivity index (χ2v) is 6.63. The minimum absolute atomic E-state index is 0.0420. The van der Waals surface area contributed by atoms with Gasteiger partial charge in [0.05, 0.1) is 11.3 Å². The van der Waals surface area contributed by atoms with E-state index in [1.54, 1.807) is 18.5 Å². The Labute approximate surface area is 155 Å². The van der Waals surface area contributed by atoms with Crippen molar-refractivity contribution in [2.24, 2.45) is 0 Å². The Morgan fingerprint density at radius 3 is 2.73 bits per heavy atom. The molecule has 0 bridgehead atoms. The van der Waals surface area contributed by atoms with Gasteiger partial charge in [-0.15, -0.1) is 6.58 Å². The van der Waals surface area contributed by atoms with Crippen molar-refractivity contribution in [3.63, 3.8) is 0 Å². The molecule has 1 fully saturated rings. The molecule has 0 aliphatic carbocycles. The van der Waals surface area contributed by atoms with Crippen LogP contribution in [0.25, 0.3) is 0 Å². The number of hydrogen-bond acceptors (Lipinski definition) is 4. The third-order valence-corrected chi connectivity index (χ3v) is 4.92. The van der Waals surface area contributed by atoms with Crippen LogP contribution < -0.4 is 10.2 Å². The van der Waals surface area contributed by atoms with Crippen molar-refractivity contribution >= 4 is 17.3 Å². The van der Waals surface area contributed by atoms with Gasteiger partial charge in [-0.3, -0.25) is 9.78 Å². The van der Waals surface area contributed by atoms with Crippen molar-refractivity contribution in [1.29, 1.82) is 0 Å². The normalized spacial score (nSPS) is 14.2. The number of carbonyl (C=O) groups is 1. The van der Waals surface area contributed by atoms with Crippen LogP contribution in [0.3, 0.4) is 0 Å². The summed E-state index contributed by atoms with van der Waals surface area (Å²) in [6.45, 7) is 11.8. The Morgan fingerprint density at radius 1 is 1.23 bits per heavy atom. The van der Waals surface area contributed by atoms with E-state index in [4.69, 9.17) is 0 Å². The molecular formula is C21H26N4O. The Hall–Kier alpha value is -2.82. The van der Waals surface area contributed by atoms with Crippen molar-refractivity contribution in [2.45, 2.75) is 13.8 Å². The van der Waals surface area contributed by atoms with E-state index < -0.39 is 0 Å². The highest BCUT2D eigenvalue weighted by Crippen LogP contribution is 2.24. The number of benzene rings is 1. The summed E-state index contributed by atoms with van der Waals surface area (Å²) in [5.74, 6) is 0.0420. The summed E-state index contributed by atoms with van der Waals surface area (Å²) in [5.41, 5.74) is 5.35. The molecule has 0 saturated carbocycles. The van der Waals surface area contributed by atoms with E-state index in [0.29, 0.717) is 12.1 Å². The summed E-state index contributed by atoms with van der Waals surface area (Å²) in [6.07, 6.45) is 5.14. The lowest BCUT2D eigenvalue weighted by Crippen LogP contribution is -2.49. The Morgan fingerprint density at radius 2 is 2.00 bits per heavy atom. The van der Waals surface area contributed by atoms with Gasteiger partial charge in [-0.25, -0.2) is 0 Å². The molecule has 1 N–H and O–H groups in total. The summed E-state index contributed by atoms with van der Waals surface area (Å²) in [4.78, 5) is 21.3. The van der Waals surface area contributed by atoms with Gasteiger partial charge in [0.15, 0.2) is 0 Å². The zero-order valence-corrected chi connectivity index (χ0v) is 15.5. The number of amides is 1. The zero-order chi connectivity index (χ0) is 18.5. The predicted octanol–water partition coefficient (Wildman–Crippen LogP) is 3.26. The molecule has 1 aromatic carbocycles. The summed E-state index contributed by atoms with van der Waals surface area (Å²) >= 11 is 0. The van der Waals surface area contributed by atoms with Crippen LogP contribution in [0.5, 0.6) is 0 Å². The van der Waals surface area contributed by atoms with Crippen molar-refractivity contribution in [3.05, 3.63) is 66.0 Å². The SMILES string of the molecule is C=CCNc1cncc(C(=O)N2CCN(c3cccc(C)c3C)CC2)c1. The van der Waals surface area contributed by atoms with Gasteiger partial charge in [0.2, 0.25) is 0 Å². The van der Waals surface area contributed by atoms with Crippen LogP contribution in [0.15, 0.2) is 49.3 Å². The van der Waals surface area contributed by atoms with Gasteiger partial charge in [0.25, 0.3) is 5.91 Å². The standard InChI is InChI=1S/C21H26N4O/c1-4-8-23-19-13-18(14-22-15-19)21(26)25-11-9-24(10-12-25)20-7-5-6-16(2)17(20)3/h4-7,13-15,23H,1,8-12H2,2-3H3. The molecule has 2 heterocycles. The molecule has 26 heavy (non-hydrogen) atoms. The Bertz CT molecular complexity index is 794. The number of hydrogen-bond donors (Lipinski definition) is 1. The van der Waals surface area contributed by atoms with Crippen LogP contribution in [-0.4, -0.2) is 48.5 Å². The number of carbonyl (C=O) groups excluding carboxylic acids is 1. The maximum atomic E-state index is 12.8. The number of aromatic nitrogens is 1. The molecule has 5 nitrogen and oxygen atoms in total. The average molecular weight is 350 g/mol. The zero-order valence-electron chi connectivity index (χ0n) is 15.5. The highest BCUT2D eigenvalue weighted by Gasteiger charge is 2.23. The first-order chi connectivity index (χ1) is 12.6. The van der Waals surface area contributed by atoms with Crippen LogP contribution in [0.4, 0.5) is 11.4 Å². The van der Waals surface area contributed by atoms with Crippen molar-refractivity contribution in [2.75, 3.05) is 42.9 Å². The summed E-state index contributed by atoms with van der Waals surface area (Å²) < 4.78 is 0. The molecule has 1 aliphatic heterocycles. The number of piperazine rings is 1. The van der Waals surface area contributed by atoms with Crippen molar-refractivity contribution in [3.8, 4) is 0 Å². The second kappa shape index (κ2) is 8.04. The maximum absolute atomic E-state index is 12.8. The van der Waals surface area contributed by atoms with E-state index in [0.717, 1.165) is 31.9 Å². The van der Waals surface area contributed by atoms with Gasteiger partial charge in [0.1, 0.15) is 0 Å². The van der Waals surface area contributed by atoms with Gasteiger partial charge in [-0.2, -0.15) is 0 Å². The largest absolute Gasteiger partial charge is 0.380 e. The highest BCUT2D eigenvalue weighted by molar-refractivity contribution is 5.95. The third-order valence-electron chi connectivity index (χ3n) is 4.92. The fourth-order valence-electron chi connectivity index (χ4n) is 3.25. The van der Waals surface area contributed by atoms with Crippen molar-refractivity contribution < 1.29 is 4.79 Å². The lowest BCUT2D eigenvalue weighted by Gasteiger charge is -2.37. The number of aryl methyl sites for hydroxylation is 1. The topological polar surface area (TPSA) is 48.5 Å². The quantitative estimate of drug-likeness (QED) is 0.841. The molecule has 0 unspecified atom stereocenters. The van der Waals surface area contributed by atoms with Crippen LogP contribution in [0.1, 0.15) is 21.5 Å². The molecule has 3 rings (SSSR count). The molecule has 136 valence electrons. The molecule has 5 heteroatoms. The van der Waals surface area contributed by atoms with Crippen LogP contribution in [0.2, 0.25) is 0 Å². The third kappa shape index (κ3) is 3.87. The Balaban J connectivity index is 1.65. The van der Waals surface area contributed by atoms with Crippen LogP contribution in [-0.2, 0) is 0 Å². The molecule has 1 saturated heterocycles. The van der Waals surface area contributed by atoms with Gasteiger partial charge < -0.3 is 15.1 Å². The molecule has 0 spiro atoms. The first-order valence-corrected chi connectivity index (χ1v) is 9.00. The van der Waals surface area contributed by atoms with E-state index in [-0.39, 0.29) is 5.91 Å². The first-order valence-electron chi connectivity index (χ1n) is 9.00. The van der Waals surface area contributed by atoms with E-state index >= 15 is 0 Å². The molecule has 1 aromatic heterocycles. The van der Waals surface area contributed by atoms with Crippen LogP contribution >= 0.6 is 0 Å². The van der Waals surface area contributed by atoms with E-state index in [1.807, 2.05) is 11.0 Å². The summed E-state index contributed by atoms with van der Waals surface area (Å²) in [6, 6.07) is 8.26. The van der Waals surface area contributed by atoms with Gasteiger partial charge in [-0.1, -0.05) is 18.2 Å². The number of nitrogens with zero attached hydrogens (tertiary/aromatic N) is 3. The van der Waals surface area contributed by atoms with E-state index in [1.165, 1.54) is 16.8 Å². The monoisotopic (exact) mass is 350 g/mol. The number of nitrogens with one attached hydrogen (secondary N) is 1. The lowest BCUT2D eigenvalue weighted by atomic mass is 10.1. The van der Waals surface area contributed by atoms with E-state index in [9.17, 15) is 4.79 Å². The molecule has 0 atom stereocenters. The highest BCUT2D eigenvalue weighted by atomic mass is 16.2. The smallest absolute Gasteiger partial charge is 0.255 e. The average Bonchev–Trinajstić information content (AvgIpc) is 2.68. The van der Waals surface area contributed by atoms with Crippen molar-refractivity contribution in [1.82, 2.24) is 9.88 Å². The molecular weight excluding hydrogens is 324 g/mol. The number of pyridine rings is 1. The molecule has 2 aromatic rings. The van der Waals surface area contributed by atoms with E-state index in [2.05, 4.69) is 53.8 Å². The maximum Gasteiger partial charge on any atom is 0.255 e. The summed E-state index contributed by atoms with van der Waals surface area (Å²) in [7, 11) is 0. The fourth-order valence-corrected chi connectivity index (χ4v) is 3.25. The molecule has 0 radical (unpaired) electrons. The predicted molar refractivity (Wildman–Crippen MR) is 107 cm³/mol. The Kier molecular flexibility index (Phi) is 5.56. The lowest BCUT2D eigenvalue weighted by molar-refractivity contribution is 0.0746. The molecule has 1 aliphatic rings. The fraction of sp³-hybridized carbons (Fsp3) is 0.333. The first kappa shape index (κ1) is 18.0. The van der Waals surface area contributed by atoms with Gasteiger partial charge in [0, 0.05) is 50.8 Å². The minimum atomic E-state index is 0.0420. The minimum Gasteiger partial charge on any atom is -0.380 e. The summed E-state index contributed by atoms with van der Waals surface area (Å²) in [5, 5.41) is 3.17. The number of anilines is 2. The second-order valence-electron chi connectivity index (χ2n) is 6.63. The van der Waals surface area contributed by atoms with Crippen LogP contribution in [0, 0.1) is 13.8 Å².